The molecule has 1 aromatic carbocycles. The molecular weight excluding hydrogens is 436 g/mol. The van der Waals surface area contributed by atoms with Crippen molar-refractivity contribution in [1.82, 2.24) is 5.32 Å². The molecule has 5 aliphatic rings. The Hall–Kier alpha value is -4.48. The van der Waals surface area contributed by atoms with Crippen LogP contribution in [0.15, 0.2) is 160 Å². The molecule has 2 heterocycles. The molecule has 3 aliphatic carbocycles. The monoisotopic (exact) mass is 464 g/mol. The lowest BCUT2D eigenvalue weighted by Gasteiger charge is -2.26. The summed E-state index contributed by atoms with van der Waals surface area (Å²) in [4.78, 5) is 2.44. The van der Waals surface area contributed by atoms with E-state index in [1.54, 1.807) is 0 Å². The van der Waals surface area contributed by atoms with Crippen LogP contribution in [0.1, 0.15) is 25.8 Å². The minimum atomic E-state index is 0.167. The second-order valence-corrected chi connectivity index (χ2v) is 9.30. The molecule has 1 unspecified atom stereocenters. The number of para-hydroxylation sites is 1. The van der Waals surface area contributed by atoms with E-state index in [0.717, 1.165) is 29.0 Å². The Morgan fingerprint density at radius 1 is 1.00 bits per heavy atom. The van der Waals surface area contributed by atoms with E-state index < -0.39 is 0 Å². The number of rotatable bonds is 3. The summed E-state index contributed by atoms with van der Waals surface area (Å²) in [6.07, 6.45) is 31.2. The van der Waals surface area contributed by atoms with Crippen LogP contribution in [0.5, 0.6) is 0 Å². The van der Waals surface area contributed by atoms with Crippen molar-refractivity contribution in [3.8, 4) is 0 Å². The summed E-state index contributed by atoms with van der Waals surface area (Å²) >= 11 is 0. The van der Waals surface area contributed by atoms with Crippen molar-refractivity contribution in [2.75, 3.05) is 4.90 Å². The van der Waals surface area contributed by atoms with Crippen LogP contribution in [0.3, 0.4) is 0 Å². The Labute approximate surface area is 213 Å². The van der Waals surface area contributed by atoms with Gasteiger partial charge in [-0.25, -0.2) is 0 Å². The van der Waals surface area contributed by atoms with Gasteiger partial charge in [0.15, 0.2) is 0 Å². The van der Waals surface area contributed by atoms with Gasteiger partial charge in [0, 0.05) is 28.1 Å². The fourth-order valence-electron chi connectivity index (χ4n) is 5.23. The number of benzene rings is 1. The van der Waals surface area contributed by atoms with Gasteiger partial charge in [0.2, 0.25) is 0 Å². The van der Waals surface area contributed by atoms with Crippen LogP contribution in [-0.4, -0.2) is 6.04 Å². The molecule has 2 nitrogen and oxygen atoms in total. The largest absolute Gasteiger partial charge is 0.343 e. The molecule has 0 saturated carbocycles. The third-order valence-electron chi connectivity index (χ3n) is 6.91. The first-order valence-electron chi connectivity index (χ1n) is 12.5. The quantitative estimate of drug-likeness (QED) is 0.365. The number of anilines is 1. The SMILES string of the molecule is C/C=C\C=C(/C)N1c2ccccc2C2=CC(/C3=C/C4=C=C(/C=C\C3)C3=C=C(C=CC=C3)N4)=CC=CC21. The second kappa shape index (κ2) is 9.29. The topological polar surface area (TPSA) is 15.3 Å². The molecular formula is C34H28N2. The Morgan fingerprint density at radius 3 is 2.75 bits per heavy atom. The van der Waals surface area contributed by atoms with E-state index in [1.807, 2.05) is 12.2 Å². The molecule has 6 rings (SSSR count). The van der Waals surface area contributed by atoms with Gasteiger partial charge in [-0.15, -0.1) is 0 Å². The maximum absolute atomic E-state index is 3.57. The molecule has 0 aromatic heterocycles. The highest BCUT2D eigenvalue weighted by molar-refractivity contribution is 5.92. The lowest BCUT2D eigenvalue weighted by Crippen LogP contribution is -2.27. The smallest absolute Gasteiger partial charge is 0.0831 e. The number of allylic oxidation sites excluding steroid dienone is 16. The van der Waals surface area contributed by atoms with Gasteiger partial charge in [-0.05, 0) is 79.5 Å². The van der Waals surface area contributed by atoms with Crippen LogP contribution >= 0.6 is 0 Å². The fraction of sp³-hybridized carbons (Fsp3) is 0.118. The van der Waals surface area contributed by atoms with Gasteiger partial charge in [0.25, 0.3) is 0 Å². The summed E-state index contributed by atoms with van der Waals surface area (Å²) in [6, 6.07) is 8.90. The summed E-state index contributed by atoms with van der Waals surface area (Å²) in [7, 11) is 0. The van der Waals surface area contributed by atoms with E-state index in [4.69, 9.17) is 0 Å². The van der Waals surface area contributed by atoms with Gasteiger partial charge >= 0.3 is 0 Å². The fourth-order valence-corrected chi connectivity index (χ4v) is 5.23. The first-order valence-corrected chi connectivity index (χ1v) is 12.5. The van der Waals surface area contributed by atoms with Gasteiger partial charge in [0.05, 0.1) is 17.4 Å². The third-order valence-corrected chi connectivity index (χ3v) is 6.91. The molecule has 2 aliphatic heterocycles. The number of hydrogen-bond donors (Lipinski definition) is 1. The lowest BCUT2D eigenvalue weighted by atomic mass is 9.94. The first kappa shape index (κ1) is 22.0. The first-order chi connectivity index (χ1) is 17.7. The van der Waals surface area contributed by atoms with Gasteiger partial charge in [-0.1, -0.05) is 78.3 Å². The van der Waals surface area contributed by atoms with Crippen LogP contribution in [0, 0.1) is 0 Å². The lowest BCUT2D eigenvalue weighted by molar-refractivity contribution is 0.934. The summed E-state index contributed by atoms with van der Waals surface area (Å²) in [6.45, 7) is 4.24. The maximum Gasteiger partial charge on any atom is 0.0831 e. The molecule has 0 spiro atoms. The van der Waals surface area contributed by atoms with Gasteiger partial charge in [-0.2, -0.15) is 0 Å². The Bertz CT molecular complexity index is 1560. The molecule has 2 heteroatoms. The highest BCUT2D eigenvalue weighted by Gasteiger charge is 2.33. The van der Waals surface area contributed by atoms with E-state index in [9.17, 15) is 0 Å². The minimum absolute atomic E-state index is 0.167. The Kier molecular flexibility index (Phi) is 5.68. The van der Waals surface area contributed by atoms with Gasteiger partial charge < -0.3 is 10.2 Å². The van der Waals surface area contributed by atoms with E-state index in [2.05, 4.69) is 133 Å². The minimum Gasteiger partial charge on any atom is -0.343 e. The predicted octanol–water partition coefficient (Wildman–Crippen LogP) is 7.67. The maximum atomic E-state index is 3.57. The molecule has 1 aromatic rings. The van der Waals surface area contributed by atoms with Crippen molar-refractivity contribution in [2.45, 2.75) is 26.3 Å². The van der Waals surface area contributed by atoms with Crippen LogP contribution in [0.4, 0.5) is 5.69 Å². The predicted molar refractivity (Wildman–Crippen MR) is 151 cm³/mol. The van der Waals surface area contributed by atoms with Crippen molar-refractivity contribution in [1.29, 1.82) is 0 Å². The number of nitrogens with one attached hydrogen (secondary N) is 1. The zero-order valence-electron chi connectivity index (χ0n) is 20.6. The molecule has 0 amide bonds. The number of fused-ring (bicyclic) bond motifs is 4. The standard InChI is InChI=1S/C34H28N2/c1-3-4-11-24(2)36-33-18-8-7-17-31(33)32-23-28(15-10-19-34(32)36)27-14-9-13-26-21-30(22-27)35-29-16-6-5-12-25(26)20-29/h3-13,15-19,22-23,34-35H,14H2,1-2H3/b4-3-,13-9-,24-11+,27-22+. The normalized spacial score (nSPS) is 24.2. The van der Waals surface area contributed by atoms with E-state index in [1.165, 1.54) is 33.7 Å². The summed E-state index contributed by atoms with van der Waals surface area (Å²) < 4.78 is 0. The second-order valence-electron chi connectivity index (χ2n) is 9.30. The summed E-state index contributed by atoms with van der Waals surface area (Å²) in [5.41, 5.74) is 18.7. The number of nitrogens with zero attached hydrogens (tertiary/aromatic N) is 1. The van der Waals surface area contributed by atoms with Crippen molar-refractivity contribution in [2.24, 2.45) is 0 Å². The molecule has 1 atom stereocenters. The van der Waals surface area contributed by atoms with Crippen molar-refractivity contribution in [3.63, 3.8) is 0 Å². The van der Waals surface area contributed by atoms with Crippen LogP contribution in [0.25, 0.3) is 5.57 Å². The molecule has 4 bridgehead atoms. The third kappa shape index (κ3) is 4.00. The zero-order chi connectivity index (χ0) is 24.5. The highest BCUT2D eigenvalue weighted by Crippen LogP contribution is 2.45. The van der Waals surface area contributed by atoms with Gasteiger partial charge in [0.1, 0.15) is 0 Å². The molecule has 1 N–H and O–H groups in total. The zero-order valence-corrected chi connectivity index (χ0v) is 20.6. The Balaban J connectivity index is 1.42. The number of hydrogen-bond acceptors (Lipinski definition) is 2. The summed E-state index contributed by atoms with van der Waals surface area (Å²) in [5.74, 6) is 0. The Morgan fingerprint density at radius 2 is 1.83 bits per heavy atom. The molecule has 0 saturated heterocycles. The molecule has 0 radical (unpaired) electrons. The molecule has 174 valence electrons. The van der Waals surface area contributed by atoms with Crippen molar-refractivity contribution < 1.29 is 0 Å². The highest BCUT2D eigenvalue weighted by atomic mass is 15.2. The van der Waals surface area contributed by atoms with E-state index in [0.29, 0.717) is 0 Å². The van der Waals surface area contributed by atoms with E-state index >= 15 is 0 Å². The van der Waals surface area contributed by atoms with Crippen LogP contribution in [-0.2, 0) is 0 Å². The molecule has 36 heavy (non-hydrogen) atoms. The van der Waals surface area contributed by atoms with Gasteiger partial charge in [-0.3, -0.25) is 0 Å². The van der Waals surface area contributed by atoms with E-state index in [-0.39, 0.29) is 6.04 Å². The van der Waals surface area contributed by atoms with Crippen molar-refractivity contribution >= 4 is 11.3 Å². The van der Waals surface area contributed by atoms with Crippen LogP contribution in [0.2, 0.25) is 0 Å². The van der Waals surface area contributed by atoms with Crippen molar-refractivity contribution in [3.05, 3.63) is 166 Å². The molecule has 0 fully saturated rings. The average molecular weight is 465 g/mol. The van der Waals surface area contributed by atoms with Crippen LogP contribution < -0.4 is 10.2 Å². The summed E-state index contributed by atoms with van der Waals surface area (Å²) in [5, 5.41) is 3.52. The average Bonchev–Trinajstić information content (AvgIpc) is 3.13.